The molecule has 1 aliphatic carbocycles. The van der Waals surface area contributed by atoms with Gasteiger partial charge in [-0.05, 0) is 41.5 Å². The van der Waals surface area contributed by atoms with Crippen molar-refractivity contribution in [2.24, 2.45) is 5.92 Å². The van der Waals surface area contributed by atoms with Crippen LogP contribution >= 0.6 is 0 Å². The number of aliphatic hydroxyl groups is 3. The van der Waals surface area contributed by atoms with Crippen molar-refractivity contribution >= 4 is 11.9 Å². The average Bonchev–Trinajstić information content (AvgIpc) is 2.99. The molecule has 14 nitrogen and oxygen atoms in total. The molecule has 3 aromatic carbocycles. The Morgan fingerprint density at radius 2 is 1.29 bits per heavy atom. The fraction of sp³-hybridized carbons (Fsp3) is 0.290. The summed E-state index contributed by atoms with van der Waals surface area (Å²) in [5.74, 6) is -7.49. The van der Waals surface area contributed by atoms with Gasteiger partial charge < -0.3 is 60.2 Å². The van der Waals surface area contributed by atoms with E-state index in [0.717, 1.165) is 24.3 Å². The molecule has 0 bridgehead atoms. The molecule has 3 aromatic rings. The minimum atomic E-state index is -1.69. The van der Waals surface area contributed by atoms with Gasteiger partial charge in [-0.2, -0.15) is 0 Å². The normalized spacial score (nSPS) is 28.6. The molecule has 0 saturated heterocycles. The summed E-state index contributed by atoms with van der Waals surface area (Å²) in [5, 5.41) is 92.8. The van der Waals surface area contributed by atoms with Gasteiger partial charge in [-0.3, -0.25) is 4.79 Å². The number of carboxylic acid groups (broad SMARTS) is 1. The molecule has 2 aliphatic heterocycles. The molecule has 0 saturated carbocycles. The highest BCUT2D eigenvalue weighted by molar-refractivity contribution is 5.87. The molecule has 0 radical (unpaired) electrons. The lowest BCUT2D eigenvalue weighted by Crippen LogP contribution is -2.49. The summed E-state index contributed by atoms with van der Waals surface area (Å²) in [4.78, 5) is 25.8. The lowest BCUT2D eigenvalue weighted by Gasteiger charge is -2.46. The molecule has 45 heavy (non-hydrogen) atoms. The van der Waals surface area contributed by atoms with E-state index >= 15 is 0 Å². The zero-order valence-electron chi connectivity index (χ0n) is 23.1. The minimum Gasteiger partial charge on any atom is -0.508 e. The van der Waals surface area contributed by atoms with Crippen LogP contribution in [-0.2, 0) is 14.3 Å². The number of benzene rings is 3. The minimum absolute atomic E-state index is 0.00638. The molecule has 9 N–H and O–H groups in total. The molecular weight excluding hydrogens is 596 g/mol. The van der Waals surface area contributed by atoms with Crippen molar-refractivity contribution in [3.05, 3.63) is 76.9 Å². The molecular formula is C31H28O14. The molecule has 2 heterocycles. The third-order valence-electron chi connectivity index (χ3n) is 8.32. The number of phenols is 5. The van der Waals surface area contributed by atoms with Crippen molar-refractivity contribution in [1.82, 2.24) is 0 Å². The van der Waals surface area contributed by atoms with Crippen LogP contribution in [0, 0.1) is 5.92 Å². The second-order valence-electron chi connectivity index (χ2n) is 11.1. The number of carboxylic acids is 1. The highest BCUT2D eigenvalue weighted by Crippen LogP contribution is 2.58. The first kappa shape index (κ1) is 29.9. The zero-order valence-corrected chi connectivity index (χ0v) is 23.1. The summed E-state index contributed by atoms with van der Waals surface area (Å²) in [6.45, 7) is 0. The van der Waals surface area contributed by atoms with Crippen molar-refractivity contribution in [2.75, 3.05) is 0 Å². The van der Waals surface area contributed by atoms with Gasteiger partial charge in [-0.25, -0.2) is 4.79 Å². The first-order chi connectivity index (χ1) is 21.3. The number of phenolic OH excluding ortho intramolecular Hbond substituents is 5. The molecule has 14 heteroatoms. The molecule has 0 spiro atoms. The maximum atomic E-state index is 14.2. The molecule has 0 amide bonds. The second kappa shape index (κ2) is 11.1. The van der Waals surface area contributed by atoms with Crippen molar-refractivity contribution in [3.8, 4) is 40.2 Å². The maximum Gasteiger partial charge on any atom is 0.331 e. The third-order valence-corrected chi connectivity index (χ3v) is 8.32. The summed E-state index contributed by atoms with van der Waals surface area (Å²) in [6, 6.07) is 9.78. The summed E-state index contributed by atoms with van der Waals surface area (Å²) < 4.78 is 17.8. The Bertz CT molecular complexity index is 1700. The number of carbonyl (C=O) groups excluding carboxylic acids is 1. The summed E-state index contributed by atoms with van der Waals surface area (Å²) in [5.41, 5.74) is 0.187. The van der Waals surface area contributed by atoms with Crippen LogP contribution in [0.2, 0.25) is 0 Å². The Labute approximate surface area is 253 Å². The standard InChI is InChI=1S/C31H28O14/c32-14-9-20-23-21(10-14)44-29(12-2-4-16(34)18(36)6-12)27(39)24(23)25(28(43-20)11-1-3-15(33)17(35)5-11)31(42)45-22-8-13(30(40)41)7-19(37)26(22)38/h1-7,9-10,19,22,24-29,32-39H,8H2,(H,40,41). The molecule has 8 unspecified atom stereocenters. The van der Waals surface area contributed by atoms with E-state index in [-0.39, 0.29) is 39.5 Å². The smallest absolute Gasteiger partial charge is 0.331 e. The van der Waals surface area contributed by atoms with Gasteiger partial charge in [0.2, 0.25) is 0 Å². The van der Waals surface area contributed by atoms with E-state index in [4.69, 9.17) is 14.2 Å². The van der Waals surface area contributed by atoms with E-state index in [0.29, 0.717) is 0 Å². The van der Waals surface area contributed by atoms with E-state index in [1.165, 1.54) is 30.3 Å². The highest BCUT2D eigenvalue weighted by Gasteiger charge is 2.54. The van der Waals surface area contributed by atoms with Crippen molar-refractivity contribution in [2.45, 2.75) is 49.0 Å². The predicted octanol–water partition coefficient (Wildman–Crippen LogP) is 1.59. The molecule has 0 aromatic heterocycles. The molecule has 8 atom stereocenters. The second-order valence-corrected chi connectivity index (χ2v) is 11.1. The van der Waals surface area contributed by atoms with Crippen molar-refractivity contribution < 1.29 is 69.8 Å². The van der Waals surface area contributed by atoms with Crippen LogP contribution in [-0.4, -0.2) is 82.3 Å². The van der Waals surface area contributed by atoms with Crippen LogP contribution in [0.1, 0.15) is 41.2 Å². The van der Waals surface area contributed by atoms with E-state index in [9.17, 15) is 55.5 Å². The highest BCUT2D eigenvalue weighted by atomic mass is 16.6. The summed E-state index contributed by atoms with van der Waals surface area (Å²) in [6.07, 6.45) is -8.60. The van der Waals surface area contributed by atoms with Crippen molar-refractivity contribution in [1.29, 1.82) is 0 Å². The van der Waals surface area contributed by atoms with Gasteiger partial charge in [0.15, 0.2) is 29.1 Å². The number of hydrogen-bond acceptors (Lipinski definition) is 13. The third kappa shape index (κ3) is 5.18. The largest absolute Gasteiger partial charge is 0.508 e. The predicted molar refractivity (Wildman–Crippen MR) is 149 cm³/mol. The molecule has 3 aliphatic rings. The topological polar surface area (TPSA) is 244 Å². The molecule has 236 valence electrons. The number of hydrogen-bond donors (Lipinski definition) is 9. The molecule has 6 rings (SSSR count). The Hall–Kier alpha value is -5.18. The quantitative estimate of drug-likeness (QED) is 0.145. The summed E-state index contributed by atoms with van der Waals surface area (Å²) in [7, 11) is 0. The van der Waals surface area contributed by atoms with E-state index in [1.807, 2.05) is 0 Å². The number of aliphatic hydroxyl groups excluding tert-OH is 3. The molecule has 0 fully saturated rings. The zero-order chi connectivity index (χ0) is 32.3. The first-order valence-electron chi connectivity index (χ1n) is 13.8. The van der Waals surface area contributed by atoms with Gasteiger partial charge in [0.25, 0.3) is 0 Å². The van der Waals surface area contributed by atoms with Crippen LogP contribution in [0.3, 0.4) is 0 Å². The maximum absolute atomic E-state index is 14.2. The Balaban J connectivity index is 1.48. The van der Waals surface area contributed by atoms with Crippen LogP contribution in [0.15, 0.2) is 60.2 Å². The Morgan fingerprint density at radius 1 is 0.733 bits per heavy atom. The lowest BCUT2D eigenvalue weighted by molar-refractivity contribution is -0.174. The van der Waals surface area contributed by atoms with Gasteiger partial charge in [-0.1, -0.05) is 12.1 Å². The number of aliphatic carboxylic acids is 1. The van der Waals surface area contributed by atoms with E-state index in [2.05, 4.69) is 0 Å². The number of ether oxygens (including phenoxy) is 3. The average molecular weight is 625 g/mol. The van der Waals surface area contributed by atoms with Crippen molar-refractivity contribution in [3.63, 3.8) is 0 Å². The monoisotopic (exact) mass is 624 g/mol. The fourth-order valence-corrected chi connectivity index (χ4v) is 6.14. The number of esters is 1. The fourth-order valence-electron chi connectivity index (χ4n) is 6.14. The Kier molecular flexibility index (Phi) is 7.35. The van der Waals surface area contributed by atoms with Crippen LogP contribution < -0.4 is 9.47 Å². The summed E-state index contributed by atoms with van der Waals surface area (Å²) >= 11 is 0. The van der Waals surface area contributed by atoms with Crippen LogP contribution in [0.4, 0.5) is 0 Å². The lowest BCUT2D eigenvalue weighted by atomic mass is 9.71. The number of rotatable bonds is 5. The number of aromatic hydroxyl groups is 5. The van der Waals surface area contributed by atoms with Gasteiger partial charge in [-0.15, -0.1) is 0 Å². The van der Waals surface area contributed by atoms with Gasteiger partial charge in [0.1, 0.15) is 53.7 Å². The first-order valence-corrected chi connectivity index (χ1v) is 13.8. The van der Waals surface area contributed by atoms with E-state index in [1.54, 1.807) is 0 Å². The van der Waals surface area contributed by atoms with Crippen LogP contribution in [0.5, 0.6) is 40.2 Å². The number of carbonyl (C=O) groups is 2. The van der Waals surface area contributed by atoms with Crippen LogP contribution in [0.25, 0.3) is 0 Å². The van der Waals surface area contributed by atoms with Gasteiger partial charge in [0, 0.05) is 35.6 Å². The van der Waals surface area contributed by atoms with Gasteiger partial charge in [0.05, 0.1) is 0 Å². The van der Waals surface area contributed by atoms with Gasteiger partial charge >= 0.3 is 11.9 Å². The SMILES string of the molecule is O=C(O)C1=CC(O)C(O)C(OC(=O)C2C(c3ccc(O)c(O)c3)Oc3cc(O)cc4c3C2C(O)C(c2ccc(O)c(O)c2)O4)C1. The van der Waals surface area contributed by atoms with E-state index < -0.39 is 89.8 Å². The Morgan fingerprint density at radius 3 is 1.84 bits per heavy atom.